The summed E-state index contributed by atoms with van der Waals surface area (Å²) in [6, 6.07) is 10.4. The van der Waals surface area contributed by atoms with Gasteiger partial charge in [-0.1, -0.05) is 30.3 Å². The van der Waals surface area contributed by atoms with Gasteiger partial charge in [0.2, 0.25) is 0 Å². The van der Waals surface area contributed by atoms with Crippen LogP contribution in [0.2, 0.25) is 0 Å². The zero-order chi connectivity index (χ0) is 14.5. The summed E-state index contributed by atoms with van der Waals surface area (Å²) in [5, 5.41) is 12.2. The number of nitrogens with zero attached hydrogens (tertiary/aromatic N) is 1. The van der Waals surface area contributed by atoms with Gasteiger partial charge < -0.3 is 16.2 Å². The molecule has 0 fully saturated rings. The van der Waals surface area contributed by atoms with E-state index >= 15 is 0 Å². The van der Waals surface area contributed by atoms with E-state index in [-0.39, 0.29) is 12.5 Å². The first-order chi connectivity index (χ1) is 9.61. The molecule has 0 saturated carbocycles. The summed E-state index contributed by atoms with van der Waals surface area (Å²) in [4.78, 5) is 16.3. The molecule has 2 rings (SSSR count). The van der Waals surface area contributed by atoms with Crippen molar-refractivity contribution in [2.24, 2.45) is 0 Å². The van der Waals surface area contributed by atoms with Gasteiger partial charge in [0.05, 0.1) is 35.8 Å². The normalized spacial score (nSPS) is 11.9. The Kier molecular flexibility index (Phi) is 4.32. The van der Waals surface area contributed by atoms with Crippen LogP contribution in [-0.4, -0.2) is 22.6 Å². The number of carbonyl (C=O) groups is 1. The number of nitrogens with one attached hydrogen (secondary N) is 1. The predicted molar refractivity (Wildman–Crippen MR) is 77.1 cm³/mol. The molecular formula is C15H17N3O2. The summed E-state index contributed by atoms with van der Waals surface area (Å²) in [5.74, 6) is -0.301. The Morgan fingerprint density at radius 1 is 1.40 bits per heavy atom. The molecule has 1 heterocycles. The molecule has 2 aromatic rings. The number of rotatable bonds is 4. The number of nitrogens with two attached hydrogens (primary N) is 1. The van der Waals surface area contributed by atoms with Gasteiger partial charge in [-0.3, -0.25) is 9.78 Å². The van der Waals surface area contributed by atoms with E-state index in [0.717, 1.165) is 5.56 Å². The Hall–Kier alpha value is -2.40. The van der Waals surface area contributed by atoms with Crippen molar-refractivity contribution in [3.05, 3.63) is 59.4 Å². The molecule has 5 heteroatoms. The van der Waals surface area contributed by atoms with Crippen molar-refractivity contribution in [3.63, 3.8) is 0 Å². The number of aryl methyl sites for hydroxylation is 1. The first-order valence-corrected chi connectivity index (χ1v) is 6.30. The van der Waals surface area contributed by atoms with Gasteiger partial charge in [-0.25, -0.2) is 0 Å². The molecule has 0 aliphatic carbocycles. The number of pyridine rings is 1. The molecule has 1 amide bonds. The zero-order valence-electron chi connectivity index (χ0n) is 11.2. The molecule has 5 nitrogen and oxygen atoms in total. The number of carbonyl (C=O) groups excluding carboxylic acids is 1. The van der Waals surface area contributed by atoms with Crippen LogP contribution in [-0.2, 0) is 0 Å². The third-order valence-corrected chi connectivity index (χ3v) is 3.04. The number of nitrogen functional groups attached to an aromatic ring is 1. The van der Waals surface area contributed by atoms with Crippen molar-refractivity contribution < 1.29 is 9.90 Å². The molecule has 4 N–H and O–H groups in total. The van der Waals surface area contributed by atoms with Gasteiger partial charge in [-0.05, 0) is 18.6 Å². The van der Waals surface area contributed by atoms with Crippen molar-refractivity contribution in [1.82, 2.24) is 10.3 Å². The first-order valence-electron chi connectivity index (χ1n) is 6.30. The van der Waals surface area contributed by atoms with Crippen molar-refractivity contribution >= 4 is 11.6 Å². The number of aliphatic hydroxyl groups is 1. The molecule has 0 aliphatic heterocycles. The monoisotopic (exact) mass is 271 g/mol. The molecule has 0 spiro atoms. The Morgan fingerprint density at radius 2 is 2.10 bits per heavy atom. The molecule has 0 unspecified atom stereocenters. The SMILES string of the molecule is Cc1ncc(N)cc1C(=O)N[C@@H](CO)c1ccccc1. The van der Waals surface area contributed by atoms with E-state index in [0.29, 0.717) is 16.9 Å². The van der Waals surface area contributed by atoms with Crippen LogP contribution in [0.3, 0.4) is 0 Å². The highest BCUT2D eigenvalue weighted by atomic mass is 16.3. The van der Waals surface area contributed by atoms with Crippen LogP contribution in [0.1, 0.15) is 27.7 Å². The highest BCUT2D eigenvalue weighted by molar-refractivity contribution is 5.96. The number of aromatic nitrogens is 1. The zero-order valence-corrected chi connectivity index (χ0v) is 11.2. The molecule has 20 heavy (non-hydrogen) atoms. The fourth-order valence-electron chi connectivity index (χ4n) is 1.93. The number of aliphatic hydroxyl groups excluding tert-OH is 1. The average Bonchev–Trinajstić information content (AvgIpc) is 2.48. The minimum Gasteiger partial charge on any atom is -0.397 e. The maximum atomic E-state index is 12.2. The Balaban J connectivity index is 2.20. The molecule has 0 saturated heterocycles. The topological polar surface area (TPSA) is 88.2 Å². The van der Waals surface area contributed by atoms with E-state index in [2.05, 4.69) is 10.3 Å². The van der Waals surface area contributed by atoms with E-state index in [1.807, 2.05) is 30.3 Å². The lowest BCUT2D eigenvalue weighted by molar-refractivity contribution is 0.0915. The molecular weight excluding hydrogens is 254 g/mol. The van der Waals surface area contributed by atoms with Gasteiger partial charge in [0.25, 0.3) is 5.91 Å². The lowest BCUT2D eigenvalue weighted by Gasteiger charge is -2.17. The summed E-state index contributed by atoms with van der Waals surface area (Å²) in [6.45, 7) is 1.56. The van der Waals surface area contributed by atoms with Crippen molar-refractivity contribution in [2.75, 3.05) is 12.3 Å². The number of benzene rings is 1. The van der Waals surface area contributed by atoms with Crippen LogP contribution in [0, 0.1) is 6.92 Å². The number of anilines is 1. The second kappa shape index (κ2) is 6.16. The molecule has 104 valence electrons. The van der Waals surface area contributed by atoms with Gasteiger partial charge in [-0.2, -0.15) is 0 Å². The predicted octanol–water partition coefficient (Wildman–Crippen LogP) is 1.44. The Bertz CT molecular complexity index is 599. The van der Waals surface area contributed by atoms with E-state index in [1.54, 1.807) is 13.0 Å². The smallest absolute Gasteiger partial charge is 0.253 e. The van der Waals surface area contributed by atoms with Crippen LogP contribution in [0.25, 0.3) is 0 Å². The second-order valence-corrected chi connectivity index (χ2v) is 4.52. The van der Waals surface area contributed by atoms with Crippen molar-refractivity contribution in [1.29, 1.82) is 0 Å². The highest BCUT2D eigenvalue weighted by Gasteiger charge is 2.16. The quantitative estimate of drug-likeness (QED) is 0.785. The lowest BCUT2D eigenvalue weighted by Crippen LogP contribution is -2.31. The summed E-state index contributed by atoms with van der Waals surface area (Å²) in [7, 11) is 0. The van der Waals surface area contributed by atoms with Crippen molar-refractivity contribution in [2.45, 2.75) is 13.0 Å². The number of hydrogen-bond donors (Lipinski definition) is 3. The molecule has 0 radical (unpaired) electrons. The molecule has 1 atom stereocenters. The van der Waals surface area contributed by atoms with Gasteiger partial charge in [0.1, 0.15) is 0 Å². The van der Waals surface area contributed by atoms with Crippen LogP contribution < -0.4 is 11.1 Å². The Labute approximate surface area is 117 Å². The van der Waals surface area contributed by atoms with E-state index < -0.39 is 6.04 Å². The average molecular weight is 271 g/mol. The van der Waals surface area contributed by atoms with Crippen LogP contribution >= 0.6 is 0 Å². The standard InChI is InChI=1S/C15H17N3O2/c1-10-13(7-12(16)8-17-10)15(20)18-14(9-19)11-5-3-2-4-6-11/h2-8,14,19H,9,16H2,1H3,(H,18,20)/t14-/m0/s1. The summed E-state index contributed by atoms with van der Waals surface area (Å²) < 4.78 is 0. The molecule has 0 aliphatic rings. The number of hydrogen-bond acceptors (Lipinski definition) is 4. The summed E-state index contributed by atoms with van der Waals surface area (Å²) >= 11 is 0. The van der Waals surface area contributed by atoms with Gasteiger partial charge in [-0.15, -0.1) is 0 Å². The molecule has 1 aromatic heterocycles. The Morgan fingerprint density at radius 3 is 2.75 bits per heavy atom. The minimum atomic E-state index is -0.454. The van der Waals surface area contributed by atoms with Crippen LogP contribution in [0.5, 0.6) is 0 Å². The first kappa shape index (κ1) is 14.0. The van der Waals surface area contributed by atoms with Crippen molar-refractivity contribution in [3.8, 4) is 0 Å². The lowest BCUT2D eigenvalue weighted by atomic mass is 10.1. The third-order valence-electron chi connectivity index (χ3n) is 3.04. The van der Waals surface area contributed by atoms with Crippen LogP contribution in [0.15, 0.2) is 42.6 Å². The fourth-order valence-corrected chi connectivity index (χ4v) is 1.93. The van der Waals surface area contributed by atoms with Gasteiger partial charge >= 0.3 is 0 Å². The summed E-state index contributed by atoms with van der Waals surface area (Å²) in [6.07, 6.45) is 1.51. The van der Waals surface area contributed by atoms with Gasteiger partial charge in [0, 0.05) is 0 Å². The maximum absolute atomic E-state index is 12.2. The number of amides is 1. The molecule has 1 aromatic carbocycles. The van der Waals surface area contributed by atoms with E-state index in [1.165, 1.54) is 6.20 Å². The molecule has 0 bridgehead atoms. The van der Waals surface area contributed by atoms with Crippen LogP contribution in [0.4, 0.5) is 5.69 Å². The summed E-state index contributed by atoms with van der Waals surface area (Å²) in [5.41, 5.74) is 7.94. The van der Waals surface area contributed by atoms with E-state index in [4.69, 9.17) is 5.73 Å². The third kappa shape index (κ3) is 3.13. The van der Waals surface area contributed by atoms with Gasteiger partial charge in [0.15, 0.2) is 0 Å². The largest absolute Gasteiger partial charge is 0.397 e. The second-order valence-electron chi connectivity index (χ2n) is 4.52. The minimum absolute atomic E-state index is 0.176. The van der Waals surface area contributed by atoms with E-state index in [9.17, 15) is 9.90 Å². The maximum Gasteiger partial charge on any atom is 0.253 e. The fraction of sp³-hybridized carbons (Fsp3) is 0.200. The highest BCUT2D eigenvalue weighted by Crippen LogP contribution is 2.15.